The zero-order chi connectivity index (χ0) is 25.6. The third-order valence-electron chi connectivity index (χ3n) is 6.75. The Morgan fingerprint density at radius 2 is 1.82 bits per heavy atom. The molecule has 0 saturated carbocycles. The van der Waals surface area contributed by atoms with Crippen LogP contribution < -0.4 is 4.74 Å². The van der Waals surface area contributed by atoms with Crippen molar-refractivity contribution >= 4 is 11.0 Å². The molecule has 2 N–H and O–H groups in total. The van der Waals surface area contributed by atoms with Gasteiger partial charge >= 0.3 is 0 Å². The number of benzene rings is 2. The van der Waals surface area contributed by atoms with Gasteiger partial charge < -0.3 is 19.8 Å². The van der Waals surface area contributed by atoms with Crippen LogP contribution in [-0.4, -0.2) is 81.4 Å². The molecule has 9 nitrogen and oxygen atoms in total. The van der Waals surface area contributed by atoms with Gasteiger partial charge in [-0.25, -0.2) is 18.5 Å². The second-order valence-electron chi connectivity index (χ2n) is 9.41. The van der Waals surface area contributed by atoms with Gasteiger partial charge in [0, 0.05) is 57.2 Å². The molecule has 38 heavy (non-hydrogen) atoms. The molecule has 3 heterocycles. The molecular weight excluding hydrogens is 502 g/mol. The lowest BCUT2D eigenvalue weighted by molar-refractivity contribution is 0.0254. The van der Waals surface area contributed by atoms with E-state index in [-0.39, 0.29) is 11.6 Å². The van der Waals surface area contributed by atoms with Gasteiger partial charge in [-0.15, -0.1) is 0 Å². The number of aromatic nitrogens is 2. The van der Waals surface area contributed by atoms with E-state index >= 15 is 0 Å². The summed E-state index contributed by atoms with van der Waals surface area (Å²) in [5.74, 6) is 1.29. The summed E-state index contributed by atoms with van der Waals surface area (Å²) in [5.41, 5.74) is 3.15. The van der Waals surface area contributed by atoms with Gasteiger partial charge in [0.25, 0.3) is 0 Å². The highest BCUT2D eigenvalue weighted by molar-refractivity contribution is 7.82. The second-order valence-corrected chi connectivity index (χ2v) is 10.9. The Morgan fingerprint density at radius 3 is 2.53 bits per heavy atom. The van der Waals surface area contributed by atoms with Gasteiger partial charge in [0.05, 0.1) is 29.4 Å². The Kier molecular flexibility index (Phi) is 9.55. The van der Waals surface area contributed by atoms with Crippen molar-refractivity contribution in [3.63, 3.8) is 0 Å². The molecule has 2 aliphatic heterocycles. The summed E-state index contributed by atoms with van der Waals surface area (Å²) in [4.78, 5) is 12.3. The molecular formula is C28H33N5O4S. The number of hydrogen-bond donors (Lipinski definition) is 0. The lowest BCUT2D eigenvalue weighted by Crippen LogP contribution is -2.45. The van der Waals surface area contributed by atoms with Crippen LogP contribution in [0.1, 0.15) is 29.8 Å². The molecule has 2 fully saturated rings. The number of ether oxygens (including phenoxy) is 2. The quantitative estimate of drug-likeness (QED) is 0.456. The molecule has 5 rings (SSSR count). The third kappa shape index (κ3) is 6.81. The van der Waals surface area contributed by atoms with Crippen molar-refractivity contribution in [2.75, 3.05) is 46.4 Å². The molecule has 1 unspecified atom stereocenters. The molecule has 0 bridgehead atoms. The van der Waals surface area contributed by atoms with Crippen molar-refractivity contribution in [1.82, 2.24) is 19.2 Å². The van der Waals surface area contributed by atoms with Crippen molar-refractivity contribution in [2.45, 2.75) is 30.3 Å². The van der Waals surface area contributed by atoms with E-state index in [1.54, 1.807) is 6.20 Å². The van der Waals surface area contributed by atoms with Crippen LogP contribution in [0, 0.1) is 11.3 Å². The third-order valence-corrected chi connectivity index (χ3v) is 8.26. The standard InChI is InChI=1S/C28H31N5O3S.H2O/c1-32-12-14-33(15-13-32)37(34)25-5-2-21(3-6-25)18-28-30-11-8-26(31-28)22-4-7-27(23(19-22)20-29)36-24-9-16-35-17-10-24;/h2-8,11,19,24H,9-10,12-18H2,1H3;1H2. The first-order valence-electron chi connectivity index (χ1n) is 12.6. The van der Waals surface area contributed by atoms with E-state index in [1.807, 2.05) is 52.8 Å². The fourth-order valence-corrected chi connectivity index (χ4v) is 5.67. The molecule has 1 aromatic heterocycles. The predicted molar refractivity (Wildman–Crippen MR) is 145 cm³/mol. The van der Waals surface area contributed by atoms with Crippen LogP contribution in [0.15, 0.2) is 59.6 Å². The maximum Gasteiger partial charge on any atom is 0.137 e. The van der Waals surface area contributed by atoms with Gasteiger partial charge in [0.2, 0.25) is 0 Å². The highest BCUT2D eigenvalue weighted by atomic mass is 32.2. The summed E-state index contributed by atoms with van der Waals surface area (Å²) in [6, 6.07) is 17.6. The first-order chi connectivity index (χ1) is 18.1. The van der Waals surface area contributed by atoms with Crippen LogP contribution in [0.3, 0.4) is 0 Å². The van der Waals surface area contributed by atoms with Gasteiger partial charge in [-0.05, 0) is 49.0 Å². The Bertz CT molecular complexity index is 1280. The van der Waals surface area contributed by atoms with E-state index in [9.17, 15) is 9.47 Å². The summed E-state index contributed by atoms with van der Waals surface area (Å²) >= 11 is 0. The largest absolute Gasteiger partial charge is 0.489 e. The zero-order valence-electron chi connectivity index (χ0n) is 21.5. The van der Waals surface area contributed by atoms with Gasteiger partial charge in [-0.3, -0.25) is 0 Å². The van der Waals surface area contributed by atoms with Gasteiger partial charge in [0.15, 0.2) is 0 Å². The highest BCUT2D eigenvalue weighted by Crippen LogP contribution is 2.28. The Hall–Kier alpha value is -3.20. The van der Waals surface area contributed by atoms with Gasteiger partial charge in [-0.2, -0.15) is 5.26 Å². The summed E-state index contributed by atoms with van der Waals surface area (Å²) < 4.78 is 26.4. The molecule has 10 heteroatoms. The zero-order valence-corrected chi connectivity index (χ0v) is 22.3. The molecule has 0 radical (unpaired) electrons. The minimum Gasteiger partial charge on any atom is -0.489 e. The van der Waals surface area contributed by atoms with E-state index in [2.05, 4.69) is 23.0 Å². The number of hydrogen-bond acceptors (Lipinski definition) is 7. The predicted octanol–water partition coefficient (Wildman–Crippen LogP) is 2.61. The van der Waals surface area contributed by atoms with E-state index in [1.165, 1.54) is 0 Å². The van der Waals surface area contributed by atoms with Gasteiger partial charge in [0.1, 0.15) is 34.7 Å². The summed E-state index contributed by atoms with van der Waals surface area (Å²) in [6.07, 6.45) is 4.03. The van der Waals surface area contributed by atoms with Crippen molar-refractivity contribution in [3.05, 3.63) is 71.7 Å². The van der Waals surface area contributed by atoms with E-state index in [0.717, 1.165) is 60.7 Å². The molecule has 2 aromatic carbocycles. The fourth-order valence-electron chi connectivity index (χ4n) is 4.51. The molecule has 3 aromatic rings. The number of likely N-dealkylation sites (N-methyl/N-ethyl adjacent to an activating group) is 1. The van der Waals surface area contributed by atoms with Crippen LogP contribution in [0.5, 0.6) is 5.75 Å². The van der Waals surface area contributed by atoms with Crippen LogP contribution in [-0.2, 0) is 22.1 Å². The molecule has 0 amide bonds. The topological polar surface area (TPSA) is 123 Å². The van der Waals surface area contributed by atoms with Crippen LogP contribution in [0.2, 0.25) is 0 Å². The molecule has 2 aliphatic rings. The Balaban J connectivity index is 0.00000336. The molecule has 1 atom stereocenters. The smallest absolute Gasteiger partial charge is 0.137 e. The summed E-state index contributed by atoms with van der Waals surface area (Å²) in [7, 11) is 0.946. The van der Waals surface area contributed by atoms with Crippen molar-refractivity contribution in [3.8, 4) is 23.1 Å². The normalized spacial score (nSPS) is 17.8. The van der Waals surface area contributed by atoms with E-state index in [0.29, 0.717) is 36.8 Å². The monoisotopic (exact) mass is 535 g/mol. The highest BCUT2D eigenvalue weighted by Gasteiger charge is 2.20. The first kappa shape index (κ1) is 27.8. The van der Waals surface area contributed by atoms with Gasteiger partial charge in [-0.1, -0.05) is 12.1 Å². The van der Waals surface area contributed by atoms with E-state index < -0.39 is 11.0 Å². The maximum absolute atomic E-state index is 12.9. The molecule has 0 aliphatic carbocycles. The van der Waals surface area contributed by atoms with Crippen molar-refractivity contribution in [1.29, 1.82) is 5.26 Å². The SMILES string of the molecule is CN1CCN(S(=O)c2ccc(Cc3nccc(-c4ccc(OC5CCOCC5)c(C#N)c4)n3)cc2)CC1.O. The lowest BCUT2D eigenvalue weighted by atomic mass is 10.1. The maximum atomic E-state index is 12.9. The second kappa shape index (κ2) is 13.0. The Morgan fingerprint density at radius 1 is 1.08 bits per heavy atom. The van der Waals surface area contributed by atoms with Crippen molar-refractivity contribution in [2.24, 2.45) is 0 Å². The number of rotatable bonds is 7. The van der Waals surface area contributed by atoms with Crippen LogP contribution in [0.4, 0.5) is 0 Å². The Labute approximate surface area is 225 Å². The number of nitriles is 1. The van der Waals surface area contributed by atoms with E-state index in [4.69, 9.17) is 14.5 Å². The minimum absolute atomic E-state index is 0. The van der Waals surface area contributed by atoms with Crippen molar-refractivity contribution < 1.29 is 19.2 Å². The number of piperazine rings is 1. The molecule has 2 saturated heterocycles. The average molecular weight is 536 g/mol. The first-order valence-corrected chi connectivity index (χ1v) is 13.7. The molecule has 200 valence electrons. The fraction of sp³-hybridized carbons (Fsp3) is 0.393. The number of nitrogens with zero attached hydrogens (tertiary/aromatic N) is 5. The van der Waals surface area contributed by atoms with Crippen LogP contribution in [0.25, 0.3) is 11.3 Å². The minimum atomic E-state index is -1.14. The summed E-state index contributed by atoms with van der Waals surface area (Å²) in [6.45, 7) is 4.85. The summed E-state index contributed by atoms with van der Waals surface area (Å²) in [5, 5.41) is 9.71. The van der Waals surface area contributed by atoms with Crippen LogP contribution >= 0.6 is 0 Å². The molecule has 0 spiro atoms. The average Bonchev–Trinajstić information content (AvgIpc) is 2.94. The lowest BCUT2D eigenvalue weighted by Gasteiger charge is -2.31.